The monoisotopic (exact) mass is 390 g/mol. The number of benzene rings is 1. The van der Waals surface area contributed by atoms with Gasteiger partial charge in [-0.15, -0.1) is 0 Å². The number of aliphatic carboxylic acids is 1. The third kappa shape index (κ3) is 4.30. The lowest BCUT2D eigenvalue weighted by Gasteiger charge is -2.37. The van der Waals surface area contributed by atoms with Crippen molar-refractivity contribution < 1.29 is 14.7 Å². The molecule has 1 amide bonds. The zero-order chi connectivity index (χ0) is 19.4. The van der Waals surface area contributed by atoms with E-state index in [1.165, 1.54) is 17.3 Å². The second kappa shape index (κ2) is 8.08. The van der Waals surface area contributed by atoms with Crippen molar-refractivity contribution in [3.05, 3.63) is 35.9 Å². The van der Waals surface area contributed by atoms with Gasteiger partial charge in [-0.2, -0.15) is 5.10 Å². The first-order valence-electron chi connectivity index (χ1n) is 9.08. The first-order chi connectivity index (χ1) is 12.9. The van der Waals surface area contributed by atoms with Gasteiger partial charge in [-0.3, -0.25) is 9.59 Å². The SMILES string of the molecule is CC(CC(=O)O)(C(=O)Nc1cc(Cl)ccc1-n1cncn1)C1CCCCC1. The fourth-order valence-electron chi connectivity index (χ4n) is 3.87. The molecule has 7 nitrogen and oxygen atoms in total. The Bertz CT molecular complexity index is 818. The highest BCUT2D eigenvalue weighted by Crippen LogP contribution is 2.42. The summed E-state index contributed by atoms with van der Waals surface area (Å²) in [5, 5.41) is 16.9. The van der Waals surface area contributed by atoms with Crippen LogP contribution < -0.4 is 5.32 Å². The molecule has 0 radical (unpaired) electrons. The summed E-state index contributed by atoms with van der Waals surface area (Å²) >= 11 is 6.12. The highest BCUT2D eigenvalue weighted by molar-refractivity contribution is 6.31. The Morgan fingerprint density at radius 1 is 1.33 bits per heavy atom. The molecule has 0 aliphatic heterocycles. The minimum absolute atomic E-state index is 0.0383. The van der Waals surface area contributed by atoms with Crippen molar-refractivity contribution in [1.82, 2.24) is 14.8 Å². The molecule has 1 aromatic carbocycles. The highest BCUT2D eigenvalue weighted by Gasteiger charge is 2.43. The molecule has 1 aliphatic rings. The molecule has 1 aromatic heterocycles. The van der Waals surface area contributed by atoms with Crippen LogP contribution in [0.2, 0.25) is 5.02 Å². The molecule has 0 bridgehead atoms. The second-order valence-electron chi connectivity index (χ2n) is 7.28. The summed E-state index contributed by atoms with van der Waals surface area (Å²) in [5.74, 6) is -1.24. The number of aromatic nitrogens is 3. The molecule has 2 N–H and O–H groups in total. The lowest BCUT2D eigenvalue weighted by atomic mass is 9.67. The van der Waals surface area contributed by atoms with Gasteiger partial charge in [0.1, 0.15) is 12.7 Å². The minimum Gasteiger partial charge on any atom is -0.481 e. The minimum atomic E-state index is -0.992. The molecule has 1 fully saturated rings. The van der Waals surface area contributed by atoms with Gasteiger partial charge in [0.05, 0.1) is 23.2 Å². The number of hydrogen-bond donors (Lipinski definition) is 2. The van der Waals surface area contributed by atoms with Crippen molar-refractivity contribution in [2.45, 2.75) is 45.4 Å². The van der Waals surface area contributed by atoms with E-state index in [1.807, 2.05) is 0 Å². The maximum atomic E-state index is 13.2. The summed E-state index contributed by atoms with van der Waals surface area (Å²) in [6.07, 6.45) is 7.62. The van der Waals surface area contributed by atoms with E-state index in [0.717, 1.165) is 32.1 Å². The Morgan fingerprint density at radius 2 is 2.07 bits per heavy atom. The Kier molecular flexibility index (Phi) is 5.79. The maximum absolute atomic E-state index is 13.2. The number of halogens is 1. The summed E-state index contributed by atoms with van der Waals surface area (Å²) in [6, 6.07) is 5.08. The topological polar surface area (TPSA) is 97.1 Å². The fourth-order valence-corrected chi connectivity index (χ4v) is 4.04. The van der Waals surface area contributed by atoms with Crippen molar-refractivity contribution in [1.29, 1.82) is 0 Å². The summed E-state index contributed by atoms with van der Waals surface area (Å²) in [7, 11) is 0. The molecule has 1 saturated carbocycles. The van der Waals surface area contributed by atoms with Crippen LogP contribution in [0.5, 0.6) is 0 Å². The van der Waals surface area contributed by atoms with Gasteiger partial charge in [-0.25, -0.2) is 9.67 Å². The predicted molar refractivity (Wildman–Crippen MR) is 102 cm³/mol. The van der Waals surface area contributed by atoms with Crippen LogP contribution in [0.1, 0.15) is 45.4 Å². The summed E-state index contributed by atoms with van der Waals surface area (Å²) in [4.78, 5) is 28.7. The number of carboxylic acid groups (broad SMARTS) is 1. The zero-order valence-electron chi connectivity index (χ0n) is 15.2. The van der Waals surface area contributed by atoms with Gasteiger partial charge in [0.25, 0.3) is 0 Å². The molecule has 1 atom stereocenters. The number of anilines is 1. The number of nitrogens with one attached hydrogen (secondary N) is 1. The Hall–Kier alpha value is -2.41. The molecule has 0 saturated heterocycles. The van der Waals surface area contributed by atoms with Gasteiger partial charge >= 0.3 is 5.97 Å². The third-order valence-electron chi connectivity index (χ3n) is 5.42. The van der Waals surface area contributed by atoms with Crippen LogP contribution in [0.4, 0.5) is 5.69 Å². The number of rotatable bonds is 6. The highest BCUT2D eigenvalue weighted by atomic mass is 35.5. The Labute approximate surface area is 162 Å². The standard InChI is InChI=1S/C19H23ClN4O3/c1-19(10-17(25)26,13-5-3-2-4-6-13)18(27)23-15-9-14(20)7-8-16(15)24-12-21-11-22-24/h7-9,11-13H,2-6,10H2,1H3,(H,23,27)(H,25,26). The molecule has 27 heavy (non-hydrogen) atoms. The summed E-state index contributed by atoms with van der Waals surface area (Å²) in [5.41, 5.74) is 0.103. The molecule has 0 spiro atoms. The quantitative estimate of drug-likeness (QED) is 0.779. The molecular formula is C19H23ClN4O3. The van der Waals surface area contributed by atoms with Gasteiger partial charge in [0.15, 0.2) is 0 Å². The van der Waals surface area contributed by atoms with Crippen molar-refractivity contribution in [3.8, 4) is 5.69 Å². The molecule has 1 heterocycles. The fraction of sp³-hybridized carbons (Fsp3) is 0.474. The zero-order valence-corrected chi connectivity index (χ0v) is 15.9. The molecule has 8 heteroatoms. The van der Waals surface area contributed by atoms with Gasteiger partial charge in [0.2, 0.25) is 5.91 Å². The normalized spacial score (nSPS) is 17.3. The third-order valence-corrected chi connectivity index (χ3v) is 5.65. The summed E-state index contributed by atoms with van der Waals surface area (Å²) < 4.78 is 1.53. The Morgan fingerprint density at radius 3 is 2.70 bits per heavy atom. The number of nitrogens with zero attached hydrogens (tertiary/aromatic N) is 3. The first kappa shape index (κ1) is 19.4. The molecule has 3 rings (SSSR count). The van der Waals surface area contributed by atoms with E-state index in [-0.39, 0.29) is 18.2 Å². The van der Waals surface area contributed by atoms with Gasteiger partial charge < -0.3 is 10.4 Å². The van der Waals surface area contributed by atoms with Crippen LogP contribution in [-0.4, -0.2) is 31.7 Å². The van der Waals surface area contributed by atoms with Gasteiger partial charge in [0, 0.05) is 5.02 Å². The van der Waals surface area contributed by atoms with E-state index in [1.54, 1.807) is 25.1 Å². The van der Waals surface area contributed by atoms with Crippen molar-refractivity contribution in [3.63, 3.8) is 0 Å². The molecule has 1 unspecified atom stereocenters. The number of carboxylic acids is 1. The average molecular weight is 391 g/mol. The molecular weight excluding hydrogens is 368 g/mol. The van der Waals surface area contributed by atoms with Crippen LogP contribution in [0.25, 0.3) is 5.69 Å². The van der Waals surface area contributed by atoms with E-state index in [9.17, 15) is 14.7 Å². The number of carbonyl (C=O) groups is 2. The second-order valence-corrected chi connectivity index (χ2v) is 7.71. The van der Waals surface area contributed by atoms with Crippen molar-refractivity contribution in [2.75, 3.05) is 5.32 Å². The Balaban J connectivity index is 1.92. The van der Waals surface area contributed by atoms with Gasteiger partial charge in [-0.1, -0.05) is 30.9 Å². The average Bonchev–Trinajstić information content (AvgIpc) is 3.16. The largest absolute Gasteiger partial charge is 0.481 e. The van der Waals surface area contributed by atoms with E-state index in [2.05, 4.69) is 15.4 Å². The van der Waals surface area contributed by atoms with Crippen molar-refractivity contribution in [2.24, 2.45) is 11.3 Å². The van der Waals surface area contributed by atoms with E-state index in [0.29, 0.717) is 16.4 Å². The van der Waals surface area contributed by atoms with Gasteiger partial charge in [-0.05, 0) is 43.9 Å². The van der Waals surface area contributed by atoms with Crippen LogP contribution in [0.3, 0.4) is 0 Å². The van der Waals surface area contributed by atoms with Crippen molar-refractivity contribution >= 4 is 29.2 Å². The van der Waals surface area contributed by atoms with Crippen LogP contribution in [0, 0.1) is 11.3 Å². The van der Waals surface area contributed by atoms with E-state index >= 15 is 0 Å². The van der Waals surface area contributed by atoms with Crippen LogP contribution >= 0.6 is 11.6 Å². The predicted octanol–water partition coefficient (Wildman–Crippen LogP) is 3.92. The molecule has 2 aromatic rings. The smallest absolute Gasteiger partial charge is 0.304 e. The lowest BCUT2D eigenvalue weighted by Crippen LogP contribution is -2.42. The van der Waals surface area contributed by atoms with Crippen LogP contribution in [-0.2, 0) is 9.59 Å². The van der Waals surface area contributed by atoms with E-state index in [4.69, 9.17) is 11.6 Å². The molecule has 144 valence electrons. The lowest BCUT2D eigenvalue weighted by molar-refractivity contribution is -0.145. The number of hydrogen-bond acceptors (Lipinski definition) is 4. The maximum Gasteiger partial charge on any atom is 0.304 e. The number of amides is 1. The number of carbonyl (C=O) groups excluding carboxylic acids is 1. The van der Waals surface area contributed by atoms with E-state index < -0.39 is 11.4 Å². The van der Waals surface area contributed by atoms with Crippen LogP contribution in [0.15, 0.2) is 30.9 Å². The first-order valence-corrected chi connectivity index (χ1v) is 9.46. The summed E-state index contributed by atoms with van der Waals surface area (Å²) in [6.45, 7) is 1.76. The molecule has 1 aliphatic carbocycles.